The van der Waals surface area contributed by atoms with Crippen molar-refractivity contribution in [2.75, 3.05) is 14.2 Å². The van der Waals surface area contributed by atoms with Crippen LogP contribution >= 0.6 is 0 Å². The Morgan fingerprint density at radius 3 is 2.33 bits per heavy atom. The summed E-state index contributed by atoms with van der Waals surface area (Å²) in [4.78, 5) is 0. The van der Waals surface area contributed by atoms with E-state index in [2.05, 4.69) is 26.1 Å². The smallest absolute Gasteiger partial charge is 0.0623 e. The van der Waals surface area contributed by atoms with Gasteiger partial charge in [-0.25, -0.2) is 0 Å². The van der Waals surface area contributed by atoms with Crippen molar-refractivity contribution in [3.8, 4) is 0 Å². The van der Waals surface area contributed by atoms with Crippen LogP contribution in [0.1, 0.15) is 40.0 Å². The van der Waals surface area contributed by atoms with E-state index in [0.29, 0.717) is 6.04 Å². The minimum atomic E-state index is 0.0320. The molecule has 0 rings (SSSR count). The van der Waals surface area contributed by atoms with Gasteiger partial charge in [-0.3, -0.25) is 0 Å². The minimum absolute atomic E-state index is 0.0320. The van der Waals surface area contributed by atoms with Crippen LogP contribution in [0.2, 0.25) is 0 Å². The van der Waals surface area contributed by atoms with Crippen LogP contribution < -0.4 is 5.32 Å². The maximum Gasteiger partial charge on any atom is 0.0623 e. The zero-order valence-corrected chi connectivity index (χ0v) is 9.11. The summed E-state index contributed by atoms with van der Waals surface area (Å²) in [7, 11) is 3.80. The number of nitrogens with one attached hydrogen (secondary N) is 1. The van der Waals surface area contributed by atoms with E-state index in [1.165, 1.54) is 12.8 Å². The van der Waals surface area contributed by atoms with Gasteiger partial charge in [-0.2, -0.15) is 0 Å². The SMILES string of the molecule is CCC(CCC(C)(C)OC)NC. The van der Waals surface area contributed by atoms with Gasteiger partial charge in [0.1, 0.15) is 0 Å². The van der Waals surface area contributed by atoms with E-state index in [4.69, 9.17) is 4.74 Å². The van der Waals surface area contributed by atoms with Gasteiger partial charge in [-0.15, -0.1) is 0 Å². The van der Waals surface area contributed by atoms with Gasteiger partial charge in [0.25, 0.3) is 0 Å². The molecule has 2 heteroatoms. The van der Waals surface area contributed by atoms with Gasteiger partial charge in [0.15, 0.2) is 0 Å². The molecule has 0 amide bonds. The molecule has 1 N–H and O–H groups in total. The summed E-state index contributed by atoms with van der Waals surface area (Å²) in [6, 6.07) is 0.638. The fraction of sp³-hybridized carbons (Fsp3) is 1.00. The molecule has 0 aromatic rings. The Bertz CT molecular complexity index is 108. The number of ether oxygens (including phenoxy) is 1. The number of rotatable bonds is 6. The maximum absolute atomic E-state index is 5.35. The van der Waals surface area contributed by atoms with Gasteiger partial charge in [-0.05, 0) is 40.2 Å². The quantitative estimate of drug-likeness (QED) is 0.665. The summed E-state index contributed by atoms with van der Waals surface area (Å²) in [6.45, 7) is 6.48. The molecular formula is C10H23NO. The molecular weight excluding hydrogens is 150 g/mol. The third-order valence-corrected chi connectivity index (χ3v) is 2.55. The lowest BCUT2D eigenvalue weighted by Gasteiger charge is -2.25. The van der Waals surface area contributed by atoms with Gasteiger partial charge >= 0.3 is 0 Å². The van der Waals surface area contributed by atoms with Crippen LogP contribution in [0.25, 0.3) is 0 Å². The average Bonchev–Trinajstić information content (AvgIpc) is 2.06. The lowest BCUT2D eigenvalue weighted by atomic mass is 9.98. The van der Waals surface area contributed by atoms with Gasteiger partial charge in [0.2, 0.25) is 0 Å². The monoisotopic (exact) mass is 173 g/mol. The lowest BCUT2D eigenvalue weighted by Crippen LogP contribution is -2.29. The zero-order chi connectivity index (χ0) is 9.61. The average molecular weight is 173 g/mol. The molecule has 0 bridgehead atoms. The molecule has 0 heterocycles. The Morgan fingerprint density at radius 2 is 2.00 bits per heavy atom. The molecule has 0 aliphatic rings. The van der Waals surface area contributed by atoms with E-state index in [-0.39, 0.29) is 5.60 Å². The normalized spacial score (nSPS) is 14.8. The molecule has 1 atom stereocenters. The van der Waals surface area contributed by atoms with E-state index >= 15 is 0 Å². The predicted octanol–water partition coefficient (Wildman–Crippen LogP) is 2.19. The van der Waals surface area contributed by atoms with Crippen molar-refractivity contribution in [1.82, 2.24) is 5.32 Å². The number of hydrogen-bond acceptors (Lipinski definition) is 2. The Labute approximate surface area is 76.7 Å². The Morgan fingerprint density at radius 1 is 1.42 bits per heavy atom. The lowest BCUT2D eigenvalue weighted by molar-refractivity contribution is 0.0118. The van der Waals surface area contributed by atoms with Crippen LogP contribution in [0.3, 0.4) is 0 Å². The summed E-state index contributed by atoms with van der Waals surface area (Å²) in [5.74, 6) is 0. The fourth-order valence-corrected chi connectivity index (χ4v) is 1.18. The first-order valence-electron chi connectivity index (χ1n) is 4.78. The molecule has 2 nitrogen and oxygen atoms in total. The summed E-state index contributed by atoms with van der Waals surface area (Å²) in [6.07, 6.45) is 3.49. The fourth-order valence-electron chi connectivity index (χ4n) is 1.18. The Balaban J connectivity index is 3.65. The van der Waals surface area contributed by atoms with Gasteiger partial charge < -0.3 is 10.1 Å². The van der Waals surface area contributed by atoms with Crippen LogP contribution in [0, 0.1) is 0 Å². The highest BCUT2D eigenvalue weighted by Gasteiger charge is 2.17. The van der Waals surface area contributed by atoms with Crippen LogP contribution in [0.5, 0.6) is 0 Å². The van der Waals surface area contributed by atoms with Crippen LogP contribution in [0.4, 0.5) is 0 Å². The molecule has 1 unspecified atom stereocenters. The van der Waals surface area contributed by atoms with Crippen LogP contribution in [0.15, 0.2) is 0 Å². The highest BCUT2D eigenvalue weighted by molar-refractivity contribution is 4.72. The van der Waals surface area contributed by atoms with Gasteiger partial charge in [-0.1, -0.05) is 6.92 Å². The van der Waals surface area contributed by atoms with E-state index in [1.54, 1.807) is 7.11 Å². The van der Waals surface area contributed by atoms with Crippen LogP contribution in [-0.4, -0.2) is 25.8 Å². The van der Waals surface area contributed by atoms with Crippen molar-refractivity contribution in [1.29, 1.82) is 0 Å². The second-order valence-electron chi connectivity index (χ2n) is 3.90. The van der Waals surface area contributed by atoms with E-state index in [1.807, 2.05) is 7.05 Å². The second-order valence-corrected chi connectivity index (χ2v) is 3.90. The van der Waals surface area contributed by atoms with E-state index in [9.17, 15) is 0 Å². The maximum atomic E-state index is 5.35. The molecule has 12 heavy (non-hydrogen) atoms. The first kappa shape index (κ1) is 11.9. The van der Waals surface area contributed by atoms with Crippen molar-refractivity contribution in [3.05, 3.63) is 0 Å². The molecule has 74 valence electrons. The van der Waals surface area contributed by atoms with Crippen molar-refractivity contribution < 1.29 is 4.74 Å². The molecule has 0 aromatic heterocycles. The number of hydrogen-bond donors (Lipinski definition) is 1. The third-order valence-electron chi connectivity index (χ3n) is 2.55. The van der Waals surface area contributed by atoms with Gasteiger partial charge in [0, 0.05) is 13.2 Å². The van der Waals surface area contributed by atoms with Crippen LogP contribution in [-0.2, 0) is 4.74 Å². The summed E-state index contributed by atoms with van der Waals surface area (Å²) in [5, 5.41) is 3.29. The van der Waals surface area contributed by atoms with Gasteiger partial charge in [0.05, 0.1) is 5.60 Å². The second kappa shape index (κ2) is 5.55. The number of methoxy groups -OCH3 is 1. The highest BCUT2D eigenvalue weighted by atomic mass is 16.5. The Kier molecular flexibility index (Phi) is 5.51. The predicted molar refractivity (Wildman–Crippen MR) is 53.5 cm³/mol. The molecule has 0 aliphatic heterocycles. The third kappa shape index (κ3) is 4.73. The van der Waals surface area contributed by atoms with Crippen molar-refractivity contribution in [2.45, 2.75) is 51.7 Å². The summed E-state index contributed by atoms with van der Waals surface area (Å²) in [5.41, 5.74) is 0.0320. The molecule has 0 radical (unpaired) electrons. The molecule has 0 aliphatic carbocycles. The van der Waals surface area contributed by atoms with Crippen molar-refractivity contribution in [3.63, 3.8) is 0 Å². The summed E-state index contributed by atoms with van der Waals surface area (Å²) < 4.78 is 5.35. The topological polar surface area (TPSA) is 21.3 Å². The molecule has 0 fully saturated rings. The van der Waals surface area contributed by atoms with E-state index in [0.717, 1.165) is 6.42 Å². The highest BCUT2D eigenvalue weighted by Crippen LogP contribution is 2.17. The minimum Gasteiger partial charge on any atom is -0.379 e. The first-order chi connectivity index (χ1) is 5.55. The molecule has 0 saturated carbocycles. The standard InChI is InChI=1S/C10H23NO/c1-6-9(11-4)7-8-10(2,3)12-5/h9,11H,6-8H2,1-5H3. The zero-order valence-electron chi connectivity index (χ0n) is 9.11. The molecule has 0 spiro atoms. The summed E-state index contributed by atoms with van der Waals surface area (Å²) >= 11 is 0. The first-order valence-corrected chi connectivity index (χ1v) is 4.78. The Hall–Kier alpha value is -0.0800. The van der Waals surface area contributed by atoms with Crippen molar-refractivity contribution in [2.24, 2.45) is 0 Å². The molecule has 0 aromatic carbocycles. The molecule has 0 saturated heterocycles. The largest absolute Gasteiger partial charge is 0.379 e. The van der Waals surface area contributed by atoms with Crippen molar-refractivity contribution >= 4 is 0 Å². The van der Waals surface area contributed by atoms with E-state index < -0.39 is 0 Å².